The van der Waals surface area contributed by atoms with Crippen LogP contribution in [0.25, 0.3) is 0 Å². The summed E-state index contributed by atoms with van der Waals surface area (Å²) in [5.41, 5.74) is 2.83. The first-order valence-electron chi connectivity index (χ1n) is 10.4. The Morgan fingerprint density at radius 3 is 2.74 bits per heavy atom. The lowest BCUT2D eigenvalue weighted by atomic mass is 9.88. The highest BCUT2D eigenvalue weighted by Crippen LogP contribution is 2.30. The number of hydrogen-bond donors (Lipinski definition) is 2. The lowest BCUT2D eigenvalue weighted by molar-refractivity contribution is -0.115. The summed E-state index contributed by atoms with van der Waals surface area (Å²) < 4.78 is 32.4. The van der Waals surface area contributed by atoms with Gasteiger partial charge in [-0.25, -0.2) is 8.42 Å². The molecule has 4 rings (SSSR count). The van der Waals surface area contributed by atoms with E-state index < -0.39 is 10.0 Å². The molecule has 1 saturated heterocycles. The fraction of sp³-hybridized carbons (Fsp3) is 0.409. The Hall–Kier alpha value is -1.97. The smallest absolute Gasteiger partial charge is 0.243 e. The highest BCUT2D eigenvalue weighted by atomic mass is 35.5. The molecule has 2 N–H and O–H groups in total. The number of rotatable bonds is 6. The molecular weight excluding hydrogens is 438 g/mol. The molecule has 0 radical (unpaired) electrons. The van der Waals surface area contributed by atoms with Gasteiger partial charge in [0.2, 0.25) is 15.9 Å². The minimum absolute atomic E-state index is 0.100. The van der Waals surface area contributed by atoms with Crippen molar-refractivity contribution in [3.8, 4) is 0 Å². The summed E-state index contributed by atoms with van der Waals surface area (Å²) >= 11 is 6.23. The fourth-order valence-electron chi connectivity index (χ4n) is 4.07. The highest BCUT2D eigenvalue weighted by molar-refractivity contribution is 7.89. The first-order chi connectivity index (χ1) is 14.9. The molecule has 1 aliphatic carbocycles. The topological polar surface area (TPSA) is 87.7 Å². The van der Waals surface area contributed by atoms with Gasteiger partial charge >= 0.3 is 0 Å². The van der Waals surface area contributed by atoms with Crippen molar-refractivity contribution in [3.05, 3.63) is 58.6 Å². The molecule has 166 valence electrons. The van der Waals surface area contributed by atoms with Crippen LogP contribution in [-0.2, 0) is 26.0 Å². The summed E-state index contributed by atoms with van der Waals surface area (Å²) in [5, 5.41) is 6.36. The minimum Gasteiger partial charge on any atom is -0.379 e. The van der Waals surface area contributed by atoms with Gasteiger partial charge in [-0.15, -0.1) is 0 Å². The minimum atomic E-state index is -3.67. The Labute approximate surface area is 187 Å². The monoisotopic (exact) mass is 463 g/mol. The van der Waals surface area contributed by atoms with Crippen LogP contribution < -0.4 is 10.6 Å². The number of nitrogens with zero attached hydrogens (tertiary/aromatic N) is 1. The first-order valence-corrected chi connectivity index (χ1v) is 12.3. The van der Waals surface area contributed by atoms with Gasteiger partial charge in [0, 0.05) is 19.1 Å². The molecule has 7 nitrogen and oxygen atoms in total. The molecule has 2 aromatic carbocycles. The van der Waals surface area contributed by atoms with Crippen molar-refractivity contribution in [1.29, 1.82) is 0 Å². The Morgan fingerprint density at radius 1 is 1.16 bits per heavy atom. The predicted molar refractivity (Wildman–Crippen MR) is 120 cm³/mol. The number of aryl methyl sites for hydroxylation is 1. The molecule has 1 atom stereocenters. The quantitative estimate of drug-likeness (QED) is 0.687. The van der Waals surface area contributed by atoms with Gasteiger partial charge in [-0.05, 0) is 48.6 Å². The largest absolute Gasteiger partial charge is 0.379 e. The van der Waals surface area contributed by atoms with Crippen molar-refractivity contribution in [2.75, 3.05) is 38.2 Å². The van der Waals surface area contributed by atoms with Crippen molar-refractivity contribution in [1.82, 2.24) is 9.62 Å². The van der Waals surface area contributed by atoms with Gasteiger partial charge in [0.05, 0.1) is 35.4 Å². The summed E-state index contributed by atoms with van der Waals surface area (Å²) in [6, 6.07) is 12.8. The number of ether oxygens (including phenoxy) is 1. The highest BCUT2D eigenvalue weighted by Gasteiger charge is 2.27. The zero-order valence-electron chi connectivity index (χ0n) is 17.1. The van der Waals surface area contributed by atoms with Crippen LogP contribution in [0.2, 0.25) is 5.02 Å². The van der Waals surface area contributed by atoms with Crippen LogP contribution in [0.1, 0.15) is 30.0 Å². The molecule has 0 saturated carbocycles. The van der Waals surface area contributed by atoms with Gasteiger partial charge in [-0.1, -0.05) is 35.9 Å². The predicted octanol–water partition coefficient (Wildman–Crippen LogP) is 2.97. The Morgan fingerprint density at radius 2 is 1.94 bits per heavy atom. The third-order valence-electron chi connectivity index (χ3n) is 5.70. The molecule has 0 unspecified atom stereocenters. The molecule has 0 bridgehead atoms. The number of hydrogen-bond acceptors (Lipinski definition) is 5. The third-order valence-corrected chi connectivity index (χ3v) is 7.92. The van der Waals surface area contributed by atoms with Crippen molar-refractivity contribution in [2.24, 2.45) is 0 Å². The van der Waals surface area contributed by atoms with Gasteiger partial charge in [-0.3, -0.25) is 4.79 Å². The molecule has 1 heterocycles. The number of anilines is 1. The van der Waals surface area contributed by atoms with E-state index in [1.807, 2.05) is 12.1 Å². The van der Waals surface area contributed by atoms with Crippen molar-refractivity contribution in [2.45, 2.75) is 30.2 Å². The molecule has 1 amide bonds. The van der Waals surface area contributed by atoms with Gasteiger partial charge in [-0.2, -0.15) is 4.31 Å². The Kier molecular flexibility index (Phi) is 6.93. The molecule has 0 spiro atoms. The van der Waals surface area contributed by atoms with E-state index in [4.69, 9.17) is 16.3 Å². The molecule has 2 aromatic rings. The summed E-state index contributed by atoms with van der Waals surface area (Å²) in [4.78, 5) is 12.7. The van der Waals surface area contributed by atoms with E-state index in [-0.39, 0.29) is 34.1 Å². The Balaban J connectivity index is 1.42. The maximum atomic E-state index is 12.9. The van der Waals surface area contributed by atoms with E-state index in [1.54, 1.807) is 0 Å². The maximum Gasteiger partial charge on any atom is 0.243 e. The van der Waals surface area contributed by atoms with Gasteiger partial charge in [0.25, 0.3) is 0 Å². The molecule has 0 aromatic heterocycles. The fourth-order valence-corrected chi connectivity index (χ4v) is 5.67. The van der Waals surface area contributed by atoms with E-state index in [2.05, 4.69) is 22.8 Å². The summed E-state index contributed by atoms with van der Waals surface area (Å²) in [7, 11) is -3.67. The van der Waals surface area contributed by atoms with Crippen LogP contribution in [0, 0.1) is 0 Å². The number of amides is 1. The molecule has 1 aliphatic heterocycles. The van der Waals surface area contributed by atoms with E-state index in [1.165, 1.54) is 33.6 Å². The van der Waals surface area contributed by atoms with Crippen LogP contribution in [0.5, 0.6) is 0 Å². The maximum absolute atomic E-state index is 12.9. The summed E-state index contributed by atoms with van der Waals surface area (Å²) in [6.07, 6.45) is 3.10. The lowest BCUT2D eigenvalue weighted by Gasteiger charge is -2.26. The zero-order valence-corrected chi connectivity index (χ0v) is 18.7. The zero-order chi connectivity index (χ0) is 21.8. The number of nitrogens with one attached hydrogen (secondary N) is 2. The average Bonchev–Trinajstić information content (AvgIpc) is 2.79. The average molecular weight is 464 g/mol. The molecular formula is C22H26ClN3O4S. The number of fused-ring (bicyclic) bond motifs is 1. The molecule has 2 aliphatic rings. The second kappa shape index (κ2) is 9.67. The molecule has 1 fully saturated rings. The van der Waals surface area contributed by atoms with E-state index >= 15 is 0 Å². The standard InChI is InChI=1S/C22H26ClN3O4S/c23-19-9-8-17(31(28,29)26-10-12-30-13-11-26)14-21(19)25-22(27)15-24-20-7-3-5-16-4-1-2-6-18(16)20/h1-2,4,6,8-9,14,20,24H,3,5,7,10-13,15H2,(H,25,27)/t20-/m0/s1. The van der Waals surface area contributed by atoms with Crippen LogP contribution >= 0.6 is 11.6 Å². The van der Waals surface area contributed by atoms with Gasteiger partial charge < -0.3 is 15.4 Å². The van der Waals surface area contributed by atoms with Crippen LogP contribution in [0.15, 0.2) is 47.4 Å². The lowest BCUT2D eigenvalue weighted by Crippen LogP contribution is -2.40. The first kappa shape index (κ1) is 22.2. The summed E-state index contributed by atoms with van der Waals surface area (Å²) in [5.74, 6) is -0.272. The molecule has 9 heteroatoms. The Bertz CT molecular complexity index is 1050. The number of halogens is 1. The SMILES string of the molecule is O=C(CN[C@H]1CCCc2ccccc21)Nc1cc(S(=O)(=O)N2CCOCC2)ccc1Cl. The molecule has 31 heavy (non-hydrogen) atoms. The van der Waals surface area contributed by atoms with Crippen molar-refractivity contribution < 1.29 is 17.9 Å². The second-order valence-electron chi connectivity index (χ2n) is 7.73. The van der Waals surface area contributed by atoms with Crippen LogP contribution in [0.3, 0.4) is 0 Å². The number of morpholine rings is 1. The normalized spacial score (nSPS) is 19.6. The van der Waals surface area contributed by atoms with E-state index in [9.17, 15) is 13.2 Å². The van der Waals surface area contributed by atoms with Crippen LogP contribution in [0.4, 0.5) is 5.69 Å². The third kappa shape index (κ3) is 5.10. The van der Waals surface area contributed by atoms with Crippen molar-refractivity contribution >= 4 is 33.2 Å². The van der Waals surface area contributed by atoms with Crippen molar-refractivity contribution in [3.63, 3.8) is 0 Å². The number of sulfonamides is 1. The second-order valence-corrected chi connectivity index (χ2v) is 10.1. The number of benzene rings is 2. The van der Waals surface area contributed by atoms with Gasteiger partial charge in [0.15, 0.2) is 0 Å². The number of carbonyl (C=O) groups is 1. The van der Waals surface area contributed by atoms with Crippen LogP contribution in [-0.4, -0.2) is 51.5 Å². The van der Waals surface area contributed by atoms with Gasteiger partial charge in [0.1, 0.15) is 0 Å². The summed E-state index contributed by atoms with van der Waals surface area (Å²) in [6.45, 7) is 1.45. The van der Waals surface area contributed by atoms with E-state index in [0.29, 0.717) is 26.3 Å². The number of carbonyl (C=O) groups excluding carboxylic acids is 1. The van der Waals surface area contributed by atoms with E-state index in [0.717, 1.165) is 19.3 Å².